The number of nitrogens with one attached hydrogen (secondary N) is 1. The lowest BCUT2D eigenvalue weighted by Crippen LogP contribution is -2.75. The molecule has 2 atom stereocenters. The van der Waals surface area contributed by atoms with Gasteiger partial charge in [0.1, 0.15) is 5.54 Å². The molecule has 1 aliphatic rings. The topological polar surface area (TPSA) is 64.4 Å². The van der Waals surface area contributed by atoms with Crippen LogP contribution in [0.3, 0.4) is 0 Å². The molecule has 0 heterocycles. The third-order valence-corrected chi connectivity index (χ3v) is 3.87. The minimum absolute atomic E-state index is 0.0719. The molecule has 0 aromatic heterocycles. The van der Waals surface area contributed by atoms with Crippen molar-refractivity contribution in [1.82, 2.24) is 5.32 Å². The molecule has 1 amide bonds. The zero-order valence-corrected chi connectivity index (χ0v) is 11.1. The molecule has 0 saturated heterocycles. The summed E-state index contributed by atoms with van der Waals surface area (Å²) >= 11 is 0. The zero-order valence-electron chi connectivity index (χ0n) is 11.1. The Kier molecular flexibility index (Phi) is 4.33. The molecule has 0 bridgehead atoms. The van der Waals surface area contributed by atoms with E-state index in [2.05, 4.69) is 11.9 Å². The Labute approximate surface area is 104 Å². The fourth-order valence-electron chi connectivity index (χ4n) is 2.27. The first kappa shape index (κ1) is 14.2. The van der Waals surface area contributed by atoms with Gasteiger partial charge in [0, 0.05) is 25.0 Å². The van der Waals surface area contributed by atoms with E-state index in [1.54, 1.807) is 6.08 Å². The molecular formula is C13H24N2O2. The van der Waals surface area contributed by atoms with Crippen LogP contribution in [-0.4, -0.2) is 30.7 Å². The highest BCUT2D eigenvalue weighted by atomic mass is 16.5. The number of nitrogens with two attached hydrogens (primary N) is 1. The standard InChI is InChI=1S/C13H24N2O2/c1-5-7-8-15-11(16)13(14)9-10(17-6-2)12(13,3)4/h5,10H,1,6-9,14H2,2-4H3,(H,15,16). The van der Waals surface area contributed by atoms with Gasteiger partial charge in [-0.1, -0.05) is 19.9 Å². The average molecular weight is 240 g/mol. The fraction of sp³-hybridized carbons (Fsp3) is 0.769. The van der Waals surface area contributed by atoms with Gasteiger partial charge in [0.15, 0.2) is 0 Å². The smallest absolute Gasteiger partial charge is 0.240 e. The van der Waals surface area contributed by atoms with Crippen LogP contribution in [0, 0.1) is 5.41 Å². The monoisotopic (exact) mass is 240 g/mol. The van der Waals surface area contributed by atoms with Crippen LogP contribution >= 0.6 is 0 Å². The molecule has 1 rings (SSSR count). The summed E-state index contributed by atoms with van der Waals surface area (Å²) < 4.78 is 5.59. The Balaban J connectivity index is 2.58. The number of carbonyl (C=O) groups is 1. The summed E-state index contributed by atoms with van der Waals surface area (Å²) in [4.78, 5) is 12.1. The van der Waals surface area contributed by atoms with Crippen molar-refractivity contribution in [3.8, 4) is 0 Å². The van der Waals surface area contributed by atoms with Gasteiger partial charge >= 0.3 is 0 Å². The van der Waals surface area contributed by atoms with E-state index in [9.17, 15) is 4.79 Å². The molecule has 0 aliphatic heterocycles. The minimum atomic E-state index is -0.812. The zero-order chi connectivity index (χ0) is 13.1. The van der Waals surface area contributed by atoms with E-state index < -0.39 is 5.54 Å². The van der Waals surface area contributed by atoms with Gasteiger partial charge in [-0.15, -0.1) is 6.58 Å². The molecule has 0 aromatic rings. The summed E-state index contributed by atoms with van der Waals surface area (Å²) in [6.07, 6.45) is 3.20. The first-order chi connectivity index (χ1) is 7.90. The van der Waals surface area contributed by atoms with Crippen molar-refractivity contribution in [2.24, 2.45) is 11.1 Å². The fourth-order valence-corrected chi connectivity index (χ4v) is 2.27. The van der Waals surface area contributed by atoms with E-state index in [0.29, 0.717) is 19.6 Å². The summed E-state index contributed by atoms with van der Waals surface area (Å²) in [7, 11) is 0. The highest BCUT2D eigenvalue weighted by molar-refractivity contribution is 5.88. The van der Waals surface area contributed by atoms with Crippen molar-refractivity contribution in [1.29, 1.82) is 0 Å². The second-order valence-corrected chi connectivity index (χ2v) is 5.17. The molecule has 17 heavy (non-hydrogen) atoms. The Morgan fingerprint density at radius 1 is 1.65 bits per heavy atom. The van der Waals surface area contributed by atoms with Gasteiger partial charge in [-0.3, -0.25) is 4.79 Å². The second-order valence-electron chi connectivity index (χ2n) is 5.17. The number of carbonyl (C=O) groups excluding carboxylic acids is 1. The molecule has 4 nitrogen and oxygen atoms in total. The van der Waals surface area contributed by atoms with Crippen LogP contribution in [0.4, 0.5) is 0 Å². The van der Waals surface area contributed by atoms with Crippen molar-refractivity contribution < 1.29 is 9.53 Å². The number of rotatable bonds is 6. The van der Waals surface area contributed by atoms with Crippen LogP contribution in [0.5, 0.6) is 0 Å². The van der Waals surface area contributed by atoms with E-state index in [1.807, 2.05) is 20.8 Å². The highest BCUT2D eigenvalue weighted by Gasteiger charge is 2.62. The lowest BCUT2D eigenvalue weighted by atomic mass is 9.54. The molecule has 3 N–H and O–H groups in total. The van der Waals surface area contributed by atoms with Crippen molar-refractivity contribution >= 4 is 5.91 Å². The second kappa shape index (κ2) is 5.19. The van der Waals surface area contributed by atoms with Crippen LogP contribution in [0.25, 0.3) is 0 Å². The van der Waals surface area contributed by atoms with Gasteiger partial charge in [-0.25, -0.2) is 0 Å². The lowest BCUT2D eigenvalue weighted by molar-refractivity contribution is -0.170. The van der Waals surface area contributed by atoms with E-state index in [1.165, 1.54) is 0 Å². The third-order valence-electron chi connectivity index (χ3n) is 3.87. The van der Waals surface area contributed by atoms with Gasteiger partial charge in [0.2, 0.25) is 5.91 Å². The summed E-state index contributed by atoms with van der Waals surface area (Å²) in [6, 6.07) is 0. The molecule has 4 heteroatoms. The maximum absolute atomic E-state index is 12.1. The first-order valence-electron chi connectivity index (χ1n) is 6.19. The quantitative estimate of drug-likeness (QED) is 0.542. The summed E-state index contributed by atoms with van der Waals surface area (Å²) in [6.45, 7) is 10.8. The maximum Gasteiger partial charge on any atom is 0.240 e. The summed E-state index contributed by atoms with van der Waals surface area (Å²) in [5.41, 5.74) is 5.08. The van der Waals surface area contributed by atoms with Gasteiger partial charge in [-0.05, 0) is 13.3 Å². The van der Waals surface area contributed by atoms with Gasteiger partial charge < -0.3 is 15.8 Å². The SMILES string of the molecule is C=CCCNC(=O)C1(N)CC(OCC)C1(C)C. The van der Waals surface area contributed by atoms with Crippen molar-refractivity contribution in [2.45, 2.75) is 45.3 Å². The van der Waals surface area contributed by atoms with Crippen LogP contribution in [-0.2, 0) is 9.53 Å². The first-order valence-corrected chi connectivity index (χ1v) is 6.19. The molecular weight excluding hydrogens is 216 g/mol. The lowest BCUT2D eigenvalue weighted by Gasteiger charge is -2.57. The third kappa shape index (κ3) is 2.38. The number of hydrogen-bond acceptors (Lipinski definition) is 3. The minimum Gasteiger partial charge on any atom is -0.378 e. The molecule has 98 valence electrons. The molecule has 1 saturated carbocycles. The number of ether oxygens (including phenoxy) is 1. The van der Waals surface area contributed by atoms with Crippen molar-refractivity contribution in [3.05, 3.63) is 12.7 Å². The van der Waals surface area contributed by atoms with Crippen molar-refractivity contribution in [3.63, 3.8) is 0 Å². The molecule has 1 aliphatic carbocycles. The summed E-state index contributed by atoms with van der Waals surface area (Å²) in [5, 5.41) is 2.85. The van der Waals surface area contributed by atoms with Gasteiger partial charge in [-0.2, -0.15) is 0 Å². The van der Waals surface area contributed by atoms with Crippen molar-refractivity contribution in [2.75, 3.05) is 13.2 Å². The number of amides is 1. The van der Waals surface area contributed by atoms with Crippen LogP contribution < -0.4 is 11.1 Å². The van der Waals surface area contributed by atoms with Gasteiger partial charge in [0.25, 0.3) is 0 Å². The summed E-state index contributed by atoms with van der Waals surface area (Å²) in [5.74, 6) is -0.0831. The van der Waals surface area contributed by atoms with Crippen LogP contribution in [0.1, 0.15) is 33.6 Å². The Morgan fingerprint density at radius 3 is 2.76 bits per heavy atom. The molecule has 0 spiro atoms. The largest absolute Gasteiger partial charge is 0.378 e. The predicted molar refractivity (Wildman–Crippen MR) is 68.6 cm³/mol. The van der Waals surface area contributed by atoms with E-state index in [-0.39, 0.29) is 17.4 Å². The average Bonchev–Trinajstić information content (AvgIpc) is 2.28. The highest BCUT2D eigenvalue weighted by Crippen LogP contribution is 2.49. The normalized spacial score (nSPS) is 30.5. The molecule has 2 unspecified atom stereocenters. The Hall–Kier alpha value is -0.870. The van der Waals surface area contributed by atoms with Crippen LogP contribution in [0.2, 0.25) is 0 Å². The van der Waals surface area contributed by atoms with E-state index in [0.717, 1.165) is 6.42 Å². The number of hydrogen-bond donors (Lipinski definition) is 2. The van der Waals surface area contributed by atoms with E-state index in [4.69, 9.17) is 10.5 Å². The predicted octanol–water partition coefficient (Wildman–Crippen LogP) is 1.21. The Bertz CT molecular complexity index is 302. The molecule has 1 fully saturated rings. The van der Waals surface area contributed by atoms with Gasteiger partial charge in [0.05, 0.1) is 6.10 Å². The maximum atomic E-state index is 12.1. The Morgan fingerprint density at radius 2 is 2.29 bits per heavy atom. The van der Waals surface area contributed by atoms with Crippen LogP contribution in [0.15, 0.2) is 12.7 Å². The molecule has 0 aromatic carbocycles. The van der Waals surface area contributed by atoms with E-state index >= 15 is 0 Å². The molecule has 0 radical (unpaired) electrons.